The zero-order valence-electron chi connectivity index (χ0n) is 19.6. The second-order valence-corrected chi connectivity index (χ2v) is 9.23. The standard InChI is InChI=1S/C28H29N3O4/c32-25-11-4-3-9-24(25)28(35)31-18-16-30(17-19-31)26(33)21-12-14-29(15-13-21)27(34)23-10-5-7-20-6-1-2-8-22(20)23/h1-11,21,32H,12-19H2. The van der Waals surface area contributed by atoms with Gasteiger partial charge in [0.05, 0.1) is 5.56 Å². The van der Waals surface area contributed by atoms with E-state index in [0.717, 1.165) is 10.8 Å². The molecule has 0 aliphatic carbocycles. The summed E-state index contributed by atoms with van der Waals surface area (Å²) in [4.78, 5) is 44.5. The number of carbonyl (C=O) groups excluding carboxylic acids is 3. The summed E-state index contributed by atoms with van der Waals surface area (Å²) in [5.41, 5.74) is 0.994. The van der Waals surface area contributed by atoms with Gasteiger partial charge in [0, 0.05) is 50.7 Å². The molecule has 0 saturated carbocycles. The van der Waals surface area contributed by atoms with Crippen molar-refractivity contribution in [3.05, 3.63) is 77.9 Å². The lowest BCUT2D eigenvalue weighted by Crippen LogP contribution is -2.53. The van der Waals surface area contributed by atoms with Crippen LogP contribution in [0.25, 0.3) is 10.8 Å². The molecule has 0 unspecified atom stereocenters. The van der Waals surface area contributed by atoms with Gasteiger partial charge in [0.2, 0.25) is 5.91 Å². The molecule has 7 heteroatoms. The minimum Gasteiger partial charge on any atom is -0.507 e. The van der Waals surface area contributed by atoms with Gasteiger partial charge in [-0.25, -0.2) is 0 Å². The number of phenolic OH excluding ortho intramolecular Hbond substituents is 1. The van der Waals surface area contributed by atoms with Crippen LogP contribution in [-0.4, -0.2) is 76.8 Å². The van der Waals surface area contributed by atoms with Crippen LogP contribution in [0.2, 0.25) is 0 Å². The molecule has 3 aromatic carbocycles. The van der Waals surface area contributed by atoms with E-state index >= 15 is 0 Å². The van der Waals surface area contributed by atoms with Crippen molar-refractivity contribution in [1.82, 2.24) is 14.7 Å². The first-order chi connectivity index (χ1) is 17.0. The van der Waals surface area contributed by atoms with E-state index in [-0.39, 0.29) is 35.0 Å². The third-order valence-corrected chi connectivity index (χ3v) is 7.16. The fourth-order valence-corrected chi connectivity index (χ4v) is 5.12. The molecule has 5 rings (SSSR count). The van der Waals surface area contributed by atoms with Gasteiger partial charge in [-0.3, -0.25) is 14.4 Å². The maximum absolute atomic E-state index is 13.2. The Balaban J connectivity index is 1.15. The molecule has 0 atom stereocenters. The van der Waals surface area contributed by atoms with Crippen LogP contribution in [0.3, 0.4) is 0 Å². The summed E-state index contributed by atoms with van der Waals surface area (Å²) in [7, 11) is 0. The summed E-state index contributed by atoms with van der Waals surface area (Å²) in [6.45, 7) is 2.96. The van der Waals surface area contributed by atoms with Crippen molar-refractivity contribution in [2.45, 2.75) is 12.8 Å². The highest BCUT2D eigenvalue weighted by Gasteiger charge is 2.33. The van der Waals surface area contributed by atoms with Crippen LogP contribution >= 0.6 is 0 Å². The molecule has 2 saturated heterocycles. The van der Waals surface area contributed by atoms with Crippen molar-refractivity contribution in [2.24, 2.45) is 5.92 Å². The highest BCUT2D eigenvalue weighted by molar-refractivity contribution is 6.07. The average molecular weight is 472 g/mol. The second kappa shape index (κ2) is 9.78. The Morgan fingerprint density at radius 3 is 1.91 bits per heavy atom. The number of fused-ring (bicyclic) bond motifs is 1. The summed E-state index contributed by atoms with van der Waals surface area (Å²) in [5, 5.41) is 12.0. The van der Waals surface area contributed by atoms with Gasteiger partial charge in [0.25, 0.3) is 11.8 Å². The van der Waals surface area contributed by atoms with Crippen LogP contribution in [0.1, 0.15) is 33.6 Å². The number of benzene rings is 3. The van der Waals surface area contributed by atoms with E-state index in [0.29, 0.717) is 57.7 Å². The Bertz CT molecular complexity index is 1250. The second-order valence-electron chi connectivity index (χ2n) is 9.23. The van der Waals surface area contributed by atoms with Crippen molar-refractivity contribution >= 4 is 28.5 Å². The Kier molecular flexibility index (Phi) is 6.40. The number of aromatic hydroxyl groups is 1. The molecule has 3 aromatic rings. The summed E-state index contributed by atoms with van der Waals surface area (Å²) in [6, 6.07) is 20.2. The average Bonchev–Trinajstić information content (AvgIpc) is 2.92. The first kappa shape index (κ1) is 22.9. The van der Waals surface area contributed by atoms with Crippen LogP contribution in [0, 0.1) is 5.92 Å². The Labute approximate surface area is 204 Å². The number of nitrogens with zero attached hydrogens (tertiary/aromatic N) is 3. The quantitative estimate of drug-likeness (QED) is 0.635. The van der Waals surface area contributed by atoms with E-state index in [2.05, 4.69) is 0 Å². The predicted octanol–water partition coefficient (Wildman–Crippen LogP) is 3.38. The molecule has 0 aromatic heterocycles. The first-order valence-corrected chi connectivity index (χ1v) is 12.2. The van der Waals surface area contributed by atoms with E-state index < -0.39 is 0 Å². The topological polar surface area (TPSA) is 81.2 Å². The van der Waals surface area contributed by atoms with Gasteiger partial charge in [0.1, 0.15) is 5.75 Å². The molecule has 2 aliphatic rings. The molecule has 35 heavy (non-hydrogen) atoms. The van der Waals surface area contributed by atoms with Crippen molar-refractivity contribution in [1.29, 1.82) is 0 Å². The van der Waals surface area contributed by atoms with Crippen LogP contribution in [-0.2, 0) is 4.79 Å². The number of amides is 3. The van der Waals surface area contributed by atoms with Crippen molar-refractivity contribution < 1.29 is 19.5 Å². The zero-order valence-corrected chi connectivity index (χ0v) is 19.6. The predicted molar refractivity (Wildman–Crippen MR) is 133 cm³/mol. The molecule has 0 spiro atoms. The third-order valence-electron chi connectivity index (χ3n) is 7.16. The van der Waals surface area contributed by atoms with E-state index in [9.17, 15) is 19.5 Å². The number of phenols is 1. The van der Waals surface area contributed by atoms with Crippen molar-refractivity contribution in [2.75, 3.05) is 39.3 Å². The molecular formula is C28H29N3O4. The number of piperazine rings is 1. The normalized spacial score (nSPS) is 17.0. The molecule has 1 N–H and O–H groups in total. The van der Waals surface area contributed by atoms with Gasteiger partial charge in [0.15, 0.2) is 0 Å². The molecule has 2 fully saturated rings. The van der Waals surface area contributed by atoms with Gasteiger partial charge in [-0.15, -0.1) is 0 Å². The van der Waals surface area contributed by atoms with Crippen LogP contribution in [0.4, 0.5) is 0 Å². The zero-order chi connectivity index (χ0) is 24.4. The number of piperidine rings is 1. The summed E-state index contributed by atoms with van der Waals surface area (Å²) in [5.74, 6) is -0.218. The number of rotatable bonds is 3. The van der Waals surface area contributed by atoms with E-state index in [1.807, 2.05) is 52.3 Å². The smallest absolute Gasteiger partial charge is 0.257 e. The lowest BCUT2D eigenvalue weighted by Gasteiger charge is -2.38. The first-order valence-electron chi connectivity index (χ1n) is 12.2. The Hall–Kier alpha value is -3.87. The minimum absolute atomic E-state index is 0.0176. The summed E-state index contributed by atoms with van der Waals surface area (Å²) < 4.78 is 0. The van der Waals surface area contributed by atoms with E-state index in [4.69, 9.17) is 0 Å². The largest absolute Gasteiger partial charge is 0.507 e. The Morgan fingerprint density at radius 2 is 1.17 bits per heavy atom. The maximum atomic E-state index is 13.2. The number of hydrogen-bond donors (Lipinski definition) is 1. The molecule has 0 bridgehead atoms. The van der Waals surface area contributed by atoms with Gasteiger partial charge < -0.3 is 19.8 Å². The third kappa shape index (κ3) is 4.58. The number of hydrogen-bond acceptors (Lipinski definition) is 4. The van der Waals surface area contributed by atoms with Gasteiger partial charge >= 0.3 is 0 Å². The number of carbonyl (C=O) groups is 3. The number of likely N-dealkylation sites (tertiary alicyclic amines) is 1. The van der Waals surface area contributed by atoms with Crippen molar-refractivity contribution in [3.63, 3.8) is 0 Å². The molecule has 180 valence electrons. The maximum Gasteiger partial charge on any atom is 0.257 e. The van der Waals surface area contributed by atoms with E-state index in [1.54, 1.807) is 23.1 Å². The molecule has 2 aliphatic heterocycles. The van der Waals surface area contributed by atoms with Gasteiger partial charge in [-0.05, 0) is 41.8 Å². The Morgan fingerprint density at radius 1 is 0.629 bits per heavy atom. The molecule has 2 heterocycles. The van der Waals surface area contributed by atoms with Crippen LogP contribution in [0.5, 0.6) is 5.75 Å². The monoisotopic (exact) mass is 471 g/mol. The lowest BCUT2D eigenvalue weighted by atomic mass is 9.94. The van der Waals surface area contributed by atoms with Crippen LogP contribution < -0.4 is 0 Å². The highest BCUT2D eigenvalue weighted by Crippen LogP contribution is 2.25. The summed E-state index contributed by atoms with van der Waals surface area (Å²) >= 11 is 0. The minimum atomic E-state index is -0.213. The molecule has 3 amide bonds. The lowest BCUT2D eigenvalue weighted by molar-refractivity contribution is -0.138. The summed E-state index contributed by atoms with van der Waals surface area (Å²) in [6.07, 6.45) is 1.29. The van der Waals surface area contributed by atoms with Gasteiger partial charge in [-0.2, -0.15) is 0 Å². The van der Waals surface area contributed by atoms with E-state index in [1.165, 1.54) is 6.07 Å². The fourth-order valence-electron chi connectivity index (χ4n) is 5.12. The molecule has 7 nitrogen and oxygen atoms in total. The molecular weight excluding hydrogens is 442 g/mol. The van der Waals surface area contributed by atoms with Gasteiger partial charge in [-0.1, -0.05) is 48.5 Å². The molecule has 0 radical (unpaired) electrons. The number of para-hydroxylation sites is 1. The SMILES string of the molecule is O=C(c1ccccc1O)N1CCN(C(=O)C2CCN(C(=O)c3cccc4ccccc34)CC2)CC1. The van der Waals surface area contributed by atoms with Crippen molar-refractivity contribution in [3.8, 4) is 5.75 Å². The highest BCUT2D eigenvalue weighted by atomic mass is 16.3. The van der Waals surface area contributed by atoms with Crippen LogP contribution in [0.15, 0.2) is 66.7 Å². The fraction of sp³-hybridized carbons (Fsp3) is 0.321.